The fourth-order valence-corrected chi connectivity index (χ4v) is 4.02. The lowest BCUT2D eigenvalue weighted by molar-refractivity contribution is 0.187. The first-order valence-corrected chi connectivity index (χ1v) is 10.5. The van der Waals surface area contributed by atoms with Gasteiger partial charge in [-0.15, -0.1) is 10.2 Å². The summed E-state index contributed by atoms with van der Waals surface area (Å²) >= 11 is 0. The summed E-state index contributed by atoms with van der Waals surface area (Å²) < 4.78 is 2.11. The first-order valence-electron chi connectivity index (χ1n) is 10.5. The number of carbonyl (C=O) groups is 1. The first-order chi connectivity index (χ1) is 13.9. The Morgan fingerprint density at radius 1 is 1.10 bits per heavy atom. The maximum absolute atomic E-state index is 12.8. The van der Waals surface area contributed by atoms with Crippen molar-refractivity contribution in [1.29, 1.82) is 0 Å². The van der Waals surface area contributed by atoms with Crippen LogP contribution in [0.25, 0.3) is 0 Å². The highest BCUT2D eigenvalue weighted by atomic mass is 16.2. The highest BCUT2D eigenvalue weighted by Crippen LogP contribution is 2.24. The van der Waals surface area contributed by atoms with E-state index in [2.05, 4.69) is 43.8 Å². The van der Waals surface area contributed by atoms with E-state index in [4.69, 9.17) is 4.98 Å². The van der Waals surface area contributed by atoms with Crippen LogP contribution in [-0.4, -0.2) is 61.8 Å². The zero-order chi connectivity index (χ0) is 20.5. The summed E-state index contributed by atoms with van der Waals surface area (Å²) in [6, 6.07) is 1.94. The number of nitrogens with zero attached hydrogens (tertiary/aromatic N) is 7. The van der Waals surface area contributed by atoms with Crippen LogP contribution in [0.3, 0.4) is 0 Å². The van der Waals surface area contributed by atoms with Gasteiger partial charge in [0.15, 0.2) is 5.82 Å². The molecule has 2 amide bonds. The number of fused-ring (bicyclic) bond motifs is 1. The Labute approximate surface area is 171 Å². The smallest absolute Gasteiger partial charge is 0.318 e. The third kappa shape index (κ3) is 4.04. The summed E-state index contributed by atoms with van der Waals surface area (Å²) in [6.45, 7) is 12.0. The number of rotatable bonds is 3. The molecule has 0 aromatic carbocycles. The molecule has 29 heavy (non-hydrogen) atoms. The second-order valence-corrected chi connectivity index (χ2v) is 8.26. The van der Waals surface area contributed by atoms with Gasteiger partial charge in [-0.2, -0.15) is 0 Å². The van der Waals surface area contributed by atoms with Crippen molar-refractivity contribution in [3.63, 3.8) is 0 Å². The second kappa shape index (κ2) is 7.96. The number of carbonyl (C=O) groups excluding carboxylic acids is 1. The van der Waals surface area contributed by atoms with Gasteiger partial charge in [0.2, 0.25) is 0 Å². The van der Waals surface area contributed by atoms with Gasteiger partial charge in [0, 0.05) is 50.4 Å². The molecule has 0 aliphatic carbocycles. The number of aromatic nitrogens is 5. The number of nitrogens with one attached hydrogen (secondary N) is 1. The lowest BCUT2D eigenvalue weighted by atomic mass is 10.1. The van der Waals surface area contributed by atoms with Gasteiger partial charge in [-0.25, -0.2) is 14.8 Å². The molecule has 4 heterocycles. The van der Waals surface area contributed by atoms with E-state index in [1.165, 1.54) is 0 Å². The molecule has 0 bridgehead atoms. The van der Waals surface area contributed by atoms with Crippen molar-refractivity contribution < 1.29 is 4.79 Å². The Morgan fingerprint density at radius 2 is 1.86 bits per heavy atom. The van der Waals surface area contributed by atoms with Crippen LogP contribution in [0.4, 0.5) is 10.6 Å². The van der Waals surface area contributed by atoms with Crippen LogP contribution in [-0.2, 0) is 6.54 Å². The number of aryl methyl sites for hydroxylation is 2. The molecule has 2 aromatic heterocycles. The van der Waals surface area contributed by atoms with E-state index in [-0.39, 0.29) is 12.1 Å². The van der Waals surface area contributed by atoms with Crippen molar-refractivity contribution in [2.24, 2.45) is 0 Å². The zero-order valence-corrected chi connectivity index (χ0v) is 17.7. The summed E-state index contributed by atoms with van der Waals surface area (Å²) in [7, 11) is 0. The molecule has 0 radical (unpaired) electrons. The van der Waals surface area contributed by atoms with Crippen molar-refractivity contribution in [3.8, 4) is 0 Å². The van der Waals surface area contributed by atoms with Gasteiger partial charge in [0.25, 0.3) is 0 Å². The number of hydrogen-bond donors (Lipinski definition) is 1. The molecule has 0 saturated carbocycles. The molecule has 156 valence electrons. The minimum absolute atomic E-state index is 0.0227. The molecule has 2 aliphatic rings. The normalized spacial score (nSPS) is 19.4. The van der Waals surface area contributed by atoms with Gasteiger partial charge < -0.3 is 19.7 Å². The van der Waals surface area contributed by atoms with Gasteiger partial charge >= 0.3 is 6.03 Å². The largest absolute Gasteiger partial charge is 0.353 e. The number of urea groups is 1. The van der Waals surface area contributed by atoms with Crippen molar-refractivity contribution >= 4 is 11.8 Å². The fraction of sp³-hybridized carbons (Fsp3) is 0.650. The molecule has 2 aromatic rings. The second-order valence-electron chi connectivity index (χ2n) is 8.26. The number of anilines is 1. The summed E-state index contributed by atoms with van der Waals surface area (Å²) in [5.41, 5.74) is 0.982. The van der Waals surface area contributed by atoms with Crippen molar-refractivity contribution in [3.05, 3.63) is 29.2 Å². The molecular weight excluding hydrogens is 368 g/mol. The van der Waals surface area contributed by atoms with Gasteiger partial charge in [-0.05, 0) is 26.7 Å². The Bertz CT molecular complexity index is 885. The Morgan fingerprint density at radius 3 is 2.59 bits per heavy atom. The van der Waals surface area contributed by atoms with E-state index < -0.39 is 0 Å². The molecule has 4 rings (SSSR count). The van der Waals surface area contributed by atoms with Gasteiger partial charge in [0.05, 0.1) is 6.04 Å². The molecule has 1 saturated heterocycles. The highest BCUT2D eigenvalue weighted by Gasteiger charge is 2.29. The van der Waals surface area contributed by atoms with Crippen molar-refractivity contribution in [1.82, 2.24) is 34.9 Å². The van der Waals surface area contributed by atoms with Gasteiger partial charge in [0.1, 0.15) is 17.5 Å². The van der Waals surface area contributed by atoms with Crippen molar-refractivity contribution in [2.45, 2.75) is 59.0 Å². The van der Waals surface area contributed by atoms with Crippen LogP contribution < -0.4 is 10.2 Å². The molecule has 9 heteroatoms. The van der Waals surface area contributed by atoms with Crippen LogP contribution in [0.5, 0.6) is 0 Å². The Hall–Kier alpha value is -2.71. The van der Waals surface area contributed by atoms with Gasteiger partial charge in [-0.3, -0.25) is 0 Å². The van der Waals surface area contributed by atoms with Crippen LogP contribution in [0.2, 0.25) is 0 Å². The molecule has 1 unspecified atom stereocenters. The average molecular weight is 399 g/mol. The van der Waals surface area contributed by atoms with Crippen LogP contribution >= 0.6 is 0 Å². The maximum Gasteiger partial charge on any atom is 0.318 e. The summed E-state index contributed by atoms with van der Waals surface area (Å²) in [5.74, 6) is 3.91. The van der Waals surface area contributed by atoms with E-state index in [1.54, 1.807) is 0 Å². The first kappa shape index (κ1) is 19.6. The van der Waals surface area contributed by atoms with Crippen LogP contribution in [0.1, 0.15) is 61.8 Å². The lowest BCUT2D eigenvalue weighted by Crippen LogP contribution is -2.53. The average Bonchev–Trinajstić information content (AvgIpc) is 3.09. The topological polar surface area (TPSA) is 92.1 Å². The third-order valence-electron chi connectivity index (χ3n) is 5.71. The molecule has 1 atom stereocenters. The molecular formula is C20H30N8O. The number of hydrogen-bond acceptors (Lipinski definition) is 6. The summed E-state index contributed by atoms with van der Waals surface area (Å²) in [4.78, 5) is 26.2. The molecule has 9 nitrogen and oxygen atoms in total. The van der Waals surface area contributed by atoms with Crippen LogP contribution in [0.15, 0.2) is 6.07 Å². The van der Waals surface area contributed by atoms with Crippen LogP contribution in [0, 0.1) is 13.8 Å². The summed E-state index contributed by atoms with van der Waals surface area (Å²) in [5, 5.41) is 11.6. The molecule has 0 spiro atoms. The third-order valence-corrected chi connectivity index (χ3v) is 5.71. The Balaban J connectivity index is 1.37. The predicted molar refractivity (Wildman–Crippen MR) is 110 cm³/mol. The quantitative estimate of drug-likeness (QED) is 0.852. The SMILES string of the molecule is Cc1cc(N2CCN(C(=O)NC3CCCn4c(C)nnc43)CC2)nc(C(C)C)n1. The predicted octanol–water partition coefficient (Wildman–Crippen LogP) is 2.18. The van der Waals surface area contributed by atoms with E-state index in [0.717, 1.165) is 61.5 Å². The number of amides is 2. The Kier molecular flexibility index (Phi) is 5.38. The van der Waals surface area contributed by atoms with E-state index in [9.17, 15) is 4.79 Å². The van der Waals surface area contributed by atoms with Crippen molar-refractivity contribution in [2.75, 3.05) is 31.1 Å². The molecule has 1 N–H and O–H groups in total. The van der Waals surface area contributed by atoms with E-state index in [0.29, 0.717) is 19.0 Å². The molecule has 2 aliphatic heterocycles. The molecule has 1 fully saturated rings. The monoisotopic (exact) mass is 398 g/mol. The zero-order valence-electron chi connectivity index (χ0n) is 17.7. The number of piperazine rings is 1. The van der Waals surface area contributed by atoms with Gasteiger partial charge in [-0.1, -0.05) is 13.8 Å². The standard InChI is InChI=1S/C20H30N8O/c1-13(2)18-21-14(3)12-17(23-18)26-8-10-27(11-9-26)20(29)22-16-6-5-7-28-15(4)24-25-19(16)28/h12-13,16H,5-11H2,1-4H3,(H,22,29). The minimum Gasteiger partial charge on any atom is -0.353 e. The lowest BCUT2D eigenvalue weighted by Gasteiger charge is -2.36. The minimum atomic E-state index is -0.0615. The summed E-state index contributed by atoms with van der Waals surface area (Å²) in [6.07, 6.45) is 1.93. The maximum atomic E-state index is 12.8. The van der Waals surface area contributed by atoms with E-state index in [1.807, 2.05) is 24.8 Å². The highest BCUT2D eigenvalue weighted by molar-refractivity contribution is 5.75. The van der Waals surface area contributed by atoms with E-state index >= 15 is 0 Å². The fourth-order valence-electron chi connectivity index (χ4n) is 4.02.